The number of sulfonamides is 1. The number of hydrogen-bond acceptors (Lipinski definition) is 4. The number of nitrogens with zero attached hydrogens (tertiary/aromatic N) is 2. The van der Waals surface area contributed by atoms with Gasteiger partial charge in [-0.1, -0.05) is 12.1 Å². The minimum Gasteiger partial charge on any atom is -0.369 e. The smallest absolute Gasteiger partial charge is 0.243 e. The molecule has 0 radical (unpaired) electrons. The molecule has 6 nitrogen and oxygen atoms in total. The Morgan fingerprint density at radius 1 is 1.17 bits per heavy atom. The second kappa shape index (κ2) is 6.46. The summed E-state index contributed by atoms with van der Waals surface area (Å²) < 4.78 is 27.2. The van der Waals surface area contributed by atoms with Crippen LogP contribution < -0.4 is 5.73 Å². The van der Waals surface area contributed by atoms with E-state index in [2.05, 4.69) is 4.90 Å². The maximum atomic E-state index is 12.8. The van der Waals surface area contributed by atoms with Gasteiger partial charge in [0.2, 0.25) is 15.9 Å². The van der Waals surface area contributed by atoms with Crippen LogP contribution in [0.4, 0.5) is 0 Å². The van der Waals surface area contributed by atoms with Gasteiger partial charge in [-0.05, 0) is 57.0 Å². The molecule has 2 aliphatic rings. The van der Waals surface area contributed by atoms with Crippen LogP contribution in [0.5, 0.6) is 0 Å². The van der Waals surface area contributed by atoms with E-state index >= 15 is 0 Å². The molecule has 0 atom stereocenters. The van der Waals surface area contributed by atoms with Gasteiger partial charge in [0.1, 0.15) is 0 Å². The maximum absolute atomic E-state index is 12.8. The second-order valence-electron chi connectivity index (χ2n) is 6.96. The van der Waals surface area contributed by atoms with Gasteiger partial charge in [-0.3, -0.25) is 9.69 Å². The number of aryl methyl sites for hydroxylation is 2. The first-order valence-corrected chi connectivity index (χ1v) is 9.84. The summed E-state index contributed by atoms with van der Waals surface area (Å²) in [5.41, 5.74) is 7.09. The molecule has 2 heterocycles. The van der Waals surface area contributed by atoms with Crippen LogP contribution in [0.15, 0.2) is 23.1 Å². The Bertz CT molecular complexity index is 733. The van der Waals surface area contributed by atoms with Crippen LogP contribution in [-0.4, -0.2) is 55.8 Å². The van der Waals surface area contributed by atoms with Gasteiger partial charge in [-0.2, -0.15) is 4.31 Å². The van der Waals surface area contributed by atoms with Gasteiger partial charge in [-0.15, -0.1) is 0 Å². The molecule has 1 aromatic rings. The number of primary amides is 1. The molecule has 0 aliphatic carbocycles. The largest absolute Gasteiger partial charge is 0.369 e. The van der Waals surface area contributed by atoms with Gasteiger partial charge in [-0.25, -0.2) is 8.42 Å². The van der Waals surface area contributed by atoms with Crippen LogP contribution in [0.25, 0.3) is 0 Å². The molecule has 2 saturated heterocycles. The van der Waals surface area contributed by atoms with E-state index in [0.29, 0.717) is 18.0 Å². The Morgan fingerprint density at radius 3 is 2.38 bits per heavy atom. The zero-order valence-electron chi connectivity index (χ0n) is 14.2. The van der Waals surface area contributed by atoms with Crippen LogP contribution in [0.2, 0.25) is 0 Å². The Balaban J connectivity index is 1.62. The molecule has 132 valence electrons. The quantitative estimate of drug-likeness (QED) is 0.873. The van der Waals surface area contributed by atoms with Crippen molar-refractivity contribution in [1.82, 2.24) is 9.21 Å². The van der Waals surface area contributed by atoms with E-state index in [1.807, 2.05) is 26.0 Å². The average molecular weight is 351 g/mol. The van der Waals surface area contributed by atoms with Crippen molar-refractivity contribution in [2.75, 3.05) is 26.2 Å². The lowest BCUT2D eigenvalue weighted by Crippen LogP contribution is -2.62. The summed E-state index contributed by atoms with van der Waals surface area (Å²) in [5, 5.41) is 0. The number of hydrogen-bond donors (Lipinski definition) is 1. The molecule has 1 amide bonds. The van der Waals surface area contributed by atoms with Gasteiger partial charge in [0.05, 0.1) is 4.90 Å². The number of benzene rings is 1. The van der Waals surface area contributed by atoms with Crippen molar-refractivity contribution in [2.45, 2.75) is 37.6 Å². The third kappa shape index (κ3) is 3.20. The number of carbonyl (C=O) groups is 1. The highest BCUT2D eigenvalue weighted by Gasteiger charge is 2.41. The topological polar surface area (TPSA) is 83.7 Å². The van der Waals surface area contributed by atoms with E-state index in [1.54, 1.807) is 10.4 Å². The summed E-state index contributed by atoms with van der Waals surface area (Å²) >= 11 is 0. The second-order valence-corrected chi connectivity index (χ2v) is 8.86. The summed E-state index contributed by atoms with van der Waals surface area (Å²) in [7, 11) is -3.42. The Kier molecular flexibility index (Phi) is 4.68. The normalized spacial score (nSPS) is 21.6. The summed E-state index contributed by atoms with van der Waals surface area (Å²) in [6, 6.07) is 5.78. The highest BCUT2D eigenvalue weighted by molar-refractivity contribution is 7.89. The highest BCUT2D eigenvalue weighted by Crippen LogP contribution is 2.29. The summed E-state index contributed by atoms with van der Waals surface area (Å²) in [6.07, 6.45) is 1.55. The molecule has 0 bridgehead atoms. The van der Waals surface area contributed by atoms with Gasteiger partial charge in [0.15, 0.2) is 0 Å². The molecule has 2 aliphatic heterocycles. The van der Waals surface area contributed by atoms with Gasteiger partial charge in [0, 0.05) is 25.0 Å². The van der Waals surface area contributed by atoms with Crippen molar-refractivity contribution in [3.05, 3.63) is 29.3 Å². The van der Waals surface area contributed by atoms with E-state index in [4.69, 9.17) is 5.73 Å². The maximum Gasteiger partial charge on any atom is 0.243 e. The fourth-order valence-electron chi connectivity index (χ4n) is 3.52. The predicted octanol–water partition coefficient (Wildman–Crippen LogP) is 0.874. The molecule has 2 fully saturated rings. The summed E-state index contributed by atoms with van der Waals surface area (Å²) in [6.45, 7) is 6.41. The first-order chi connectivity index (χ1) is 11.3. The fourth-order valence-corrected chi connectivity index (χ4v) is 5.34. The summed E-state index contributed by atoms with van der Waals surface area (Å²) in [4.78, 5) is 13.9. The molecule has 3 rings (SSSR count). The van der Waals surface area contributed by atoms with Crippen molar-refractivity contribution < 1.29 is 13.2 Å². The fraction of sp³-hybridized carbons (Fsp3) is 0.588. The minimum absolute atomic E-state index is 0.0314. The Labute approximate surface area is 143 Å². The number of piperidine rings is 1. The zero-order valence-corrected chi connectivity index (χ0v) is 15.1. The lowest BCUT2D eigenvalue weighted by atomic mass is 9.94. The highest BCUT2D eigenvalue weighted by atomic mass is 32.2. The van der Waals surface area contributed by atoms with E-state index in [1.165, 1.54) is 0 Å². The Morgan fingerprint density at radius 2 is 1.79 bits per heavy atom. The van der Waals surface area contributed by atoms with Crippen LogP contribution in [0.3, 0.4) is 0 Å². The molecule has 7 heteroatoms. The number of likely N-dealkylation sites (tertiary alicyclic amines) is 1. The van der Waals surface area contributed by atoms with E-state index < -0.39 is 10.0 Å². The molecule has 0 saturated carbocycles. The van der Waals surface area contributed by atoms with Crippen molar-refractivity contribution in [1.29, 1.82) is 0 Å². The SMILES string of the molecule is Cc1ccc(C)c(S(=O)(=O)N2CC(N3CCC(C(N)=O)CC3)C2)c1. The van der Waals surface area contributed by atoms with Gasteiger partial charge < -0.3 is 5.73 Å². The van der Waals surface area contributed by atoms with Gasteiger partial charge in [0.25, 0.3) is 0 Å². The van der Waals surface area contributed by atoms with Crippen molar-refractivity contribution in [3.63, 3.8) is 0 Å². The average Bonchev–Trinajstić information content (AvgIpc) is 2.48. The summed E-state index contributed by atoms with van der Waals surface area (Å²) in [5.74, 6) is -0.251. The number of amides is 1. The van der Waals surface area contributed by atoms with Crippen LogP contribution in [-0.2, 0) is 14.8 Å². The minimum atomic E-state index is -3.42. The van der Waals surface area contributed by atoms with Crippen LogP contribution >= 0.6 is 0 Å². The van der Waals surface area contributed by atoms with Crippen molar-refractivity contribution in [3.8, 4) is 0 Å². The number of rotatable bonds is 4. The molecule has 0 unspecified atom stereocenters. The zero-order chi connectivity index (χ0) is 17.5. The van der Waals surface area contributed by atoms with Gasteiger partial charge >= 0.3 is 0 Å². The predicted molar refractivity (Wildman–Crippen MR) is 92.0 cm³/mol. The van der Waals surface area contributed by atoms with Crippen LogP contribution in [0.1, 0.15) is 24.0 Å². The molecular weight excluding hydrogens is 326 g/mol. The first-order valence-electron chi connectivity index (χ1n) is 8.40. The van der Waals surface area contributed by atoms with E-state index in [-0.39, 0.29) is 17.9 Å². The number of carbonyl (C=O) groups excluding carboxylic acids is 1. The lowest BCUT2D eigenvalue weighted by molar-refractivity contribution is -0.123. The third-order valence-electron chi connectivity index (χ3n) is 5.24. The Hall–Kier alpha value is -1.44. The van der Waals surface area contributed by atoms with Crippen molar-refractivity contribution in [2.24, 2.45) is 11.7 Å². The van der Waals surface area contributed by atoms with Crippen LogP contribution in [0, 0.1) is 19.8 Å². The standard InChI is InChI=1S/C17H25N3O3S/c1-12-3-4-13(2)16(9-12)24(22,23)20-10-15(11-20)19-7-5-14(6-8-19)17(18)21/h3-4,9,14-15H,5-8,10-11H2,1-2H3,(H2,18,21). The lowest BCUT2D eigenvalue weighted by Gasteiger charge is -2.46. The molecule has 1 aromatic carbocycles. The van der Waals surface area contributed by atoms with E-state index in [9.17, 15) is 13.2 Å². The molecule has 2 N–H and O–H groups in total. The van der Waals surface area contributed by atoms with Crippen molar-refractivity contribution >= 4 is 15.9 Å². The molecule has 0 aromatic heterocycles. The molecule has 0 spiro atoms. The first kappa shape index (κ1) is 17.4. The number of nitrogens with two attached hydrogens (primary N) is 1. The monoisotopic (exact) mass is 351 g/mol. The molecule has 24 heavy (non-hydrogen) atoms. The molecular formula is C17H25N3O3S. The third-order valence-corrected chi connectivity index (χ3v) is 7.21. The van der Waals surface area contributed by atoms with E-state index in [0.717, 1.165) is 37.1 Å².